The van der Waals surface area contributed by atoms with Crippen molar-refractivity contribution in [3.8, 4) is 0 Å². The van der Waals surface area contributed by atoms with Crippen molar-refractivity contribution < 1.29 is 5.11 Å². The van der Waals surface area contributed by atoms with Crippen LogP contribution in [0.3, 0.4) is 0 Å². The molecule has 0 aliphatic rings. The Bertz CT molecular complexity index is 370. The van der Waals surface area contributed by atoms with Gasteiger partial charge in [-0.2, -0.15) is 11.8 Å². The molecule has 0 saturated heterocycles. The molecule has 2 N–H and O–H groups in total. The summed E-state index contributed by atoms with van der Waals surface area (Å²) in [4.78, 5) is 0. The van der Waals surface area contributed by atoms with Crippen molar-refractivity contribution in [3.63, 3.8) is 0 Å². The highest BCUT2D eigenvalue weighted by Crippen LogP contribution is 2.30. The Morgan fingerprint density at radius 3 is 2.72 bits per heavy atom. The van der Waals surface area contributed by atoms with Crippen molar-refractivity contribution in [2.45, 2.75) is 25.4 Å². The molecule has 0 aliphatic carbocycles. The zero-order valence-corrected chi connectivity index (χ0v) is 12.9. The smallest absolute Gasteiger partial charge is 0.0639 e. The average Bonchev–Trinajstić information content (AvgIpc) is 2.33. The van der Waals surface area contributed by atoms with E-state index < -0.39 is 0 Å². The van der Waals surface area contributed by atoms with Gasteiger partial charge >= 0.3 is 0 Å². The van der Waals surface area contributed by atoms with Gasteiger partial charge in [0.15, 0.2) is 0 Å². The van der Waals surface area contributed by atoms with Crippen LogP contribution in [0, 0.1) is 0 Å². The third-order valence-corrected chi connectivity index (χ3v) is 4.35. The summed E-state index contributed by atoms with van der Waals surface area (Å²) in [6.07, 6.45) is 2.80. The van der Waals surface area contributed by atoms with Crippen molar-refractivity contribution in [1.82, 2.24) is 5.32 Å². The lowest BCUT2D eigenvalue weighted by atomic mass is 10.1. The van der Waals surface area contributed by atoms with Gasteiger partial charge in [0.2, 0.25) is 0 Å². The zero-order chi connectivity index (χ0) is 13.5. The minimum absolute atomic E-state index is 0.111. The van der Waals surface area contributed by atoms with E-state index in [9.17, 15) is 0 Å². The first-order chi connectivity index (χ1) is 8.60. The summed E-state index contributed by atoms with van der Waals surface area (Å²) >= 11 is 14.0. The number of thioether (sulfide) groups is 1. The molecule has 0 spiro atoms. The maximum atomic E-state index is 9.05. The van der Waals surface area contributed by atoms with Gasteiger partial charge in [0.05, 0.1) is 10.0 Å². The van der Waals surface area contributed by atoms with Crippen LogP contribution in [0.1, 0.15) is 24.9 Å². The lowest BCUT2D eigenvalue weighted by Crippen LogP contribution is -2.34. The summed E-state index contributed by atoms with van der Waals surface area (Å²) in [5, 5.41) is 13.7. The molecular weight excluding hydrogens is 289 g/mol. The molecule has 0 aliphatic heterocycles. The third-order valence-electron chi connectivity index (χ3n) is 2.78. The number of aliphatic hydroxyl groups is 1. The first kappa shape index (κ1) is 16.1. The van der Waals surface area contributed by atoms with Gasteiger partial charge < -0.3 is 10.4 Å². The summed E-state index contributed by atoms with van der Waals surface area (Å²) in [7, 11) is 0. The van der Waals surface area contributed by atoms with Crippen LogP contribution in [0.15, 0.2) is 18.2 Å². The summed E-state index contributed by atoms with van der Waals surface area (Å²) in [5.41, 5.74) is 0.994. The second kappa shape index (κ2) is 8.28. The Hall–Kier alpha value is 0.0700. The molecule has 0 bridgehead atoms. The van der Waals surface area contributed by atoms with E-state index in [1.807, 2.05) is 12.1 Å². The van der Waals surface area contributed by atoms with Crippen LogP contribution in [0.5, 0.6) is 0 Å². The van der Waals surface area contributed by atoms with Gasteiger partial charge in [-0.25, -0.2) is 0 Å². The number of benzene rings is 1. The lowest BCUT2D eigenvalue weighted by Gasteiger charge is -2.23. The first-order valence-corrected chi connectivity index (χ1v) is 8.04. The zero-order valence-electron chi connectivity index (χ0n) is 10.6. The number of hydrogen-bond donors (Lipinski definition) is 2. The maximum absolute atomic E-state index is 9.05. The molecule has 1 aromatic rings. The molecule has 0 amide bonds. The molecule has 0 fully saturated rings. The Balaban J connectivity index is 2.73. The molecular formula is C13H19Cl2NOS. The molecule has 1 aromatic carbocycles. The van der Waals surface area contributed by atoms with Gasteiger partial charge in [0, 0.05) is 24.4 Å². The predicted octanol–water partition coefficient (Wildman–Crippen LogP) is 3.76. The largest absolute Gasteiger partial charge is 0.396 e. The molecule has 2 unspecified atom stereocenters. The second-order valence-corrected chi connectivity index (χ2v) is 5.89. The van der Waals surface area contributed by atoms with Crippen LogP contribution in [-0.4, -0.2) is 29.8 Å². The van der Waals surface area contributed by atoms with Gasteiger partial charge in [-0.15, -0.1) is 0 Å². The van der Waals surface area contributed by atoms with Crippen molar-refractivity contribution in [1.29, 1.82) is 0 Å². The van der Waals surface area contributed by atoms with E-state index in [1.54, 1.807) is 17.8 Å². The SMILES string of the molecule is CSCC(CCO)NC(C)c1cccc(Cl)c1Cl. The Morgan fingerprint density at radius 1 is 1.39 bits per heavy atom. The molecule has 102 valence electrons. The molecule has 0 saturated carbocycles. The third kappa shape index (κ3) is 4.63. The fraction of sp³-hybridized carbons (Fsp3) is 0.538. The van der Waals surface area contributed by atoms with E-state index in [0.29, 0.717) is 10.0 Å². The Kier molecular flexibility index (Phi) is 7.42. The van der Waals surface area contributed by atoms with Crippen molar-refractivity contribution in [3.05, 3.63) is 33.8 Å². The topological polar surface area (TPSA) is 32.3 Å². The van der Waals surface area contributed by atoms with Crippen molar-refractivity contribution in [2.75, 3.05) is 18.6 Å². The van der Waals surface area contributed by atoms with E-state index >= 15 is 0 Å². The predicted molar refractivity (Wildman–Crippen MR) is 81.9 cm³/mol. The van der Waals surface area contributed by atoms with Crippen molar-refractivity contribution >= 4 is 35.0 Å². The lowest BCUT2D eigenvalue weighted by molar-refractivity contribution is 0.265. The van der Waals surface area contributed by atoms with Crippen molar-refractivity contribution in [2.24, 2.45) is 0 Å². The monoisotopic (exact) mass is 307 g/mol. The normalized spacial score (nSPS) is 14.5. The van der Waals surface area contributed by atoms with Crippen LogP contribution < -0.4 is 5.32 Å². The molecule has 0 radical (unpaired) electrons. The quantitative estimate of drug-likeness (QED) is 0.804. The van der Waals surface area contributed by atoms with Crippen LogP contribution in [0.25, 0.3) is 0 Å². The molecule has 18 heavy (non-hydrogen) atoms. The molecule has 0 heterocycles. The highest BCUT2D eigenvalue weighted by Gasteiger charge is 2.15. The number of nitrogens with one attached hydrogen (secondary N) is 1. The van der Waals surface area contributed by atoms with Crippen LogP contribution in [0.4, 0.5) is 0 Å². The van der Waals surface area contributed by atoms with Gasteiger partial charge in [-0.05, 0) is 31.2 Å². The van der Waals surface area contributed by atoms with Gasteiger partial charge in [0.1, 0.15) is 0 Å². The maximum Gasteiger partial charge on any atom is 0.0639 e. The average molecular weight is 308 g/mol. The molecule has 0 aromatic heterocycles. The van der Waals surface area contributed by atoms with Crippen LogP contribution >= 0.6 is 35.0 Å². The van der Waals surface area contributed by atoms with Gasteiger partial charge in [0.25, 0.3) is 0 Å². The molecule has 5 heteroatoms. The summed E-state index contributed by atoms with van der Waals surface area (Å²) < 4.78 is 0. The standard InChI is InChI=1S/C13H19Cl2NOS/c1-9(16-10(6-7-17)8-18-2)11-4-3-5-12(14)13(11)15/h3-5,9-10,16-17H,6-8H2,1-2H3. The second-order valence-electron chi connectivity index (χ2n) is 4.20. The Morgan fingerprint density at radius 2 is 2.11 bits per heavy atom. The minimum atomic E-state index is 0.111. The summed E-state index contributed by atoms with van der Waals surface area (Å²) in [6.45, 7) is 2.25. The summed E-state index contributed by atoms with van der Waals surface area (Å²) in [6, 6.07) is 6.04. The van der Waals surface area contributed by atoms with Gasteiger partial charge in [-0.3, -0.25) is 0 Å². The van der Waals surface area contributed by atoms with E-state index in [1.165, 1.54) is 0 Å². The van der Waals surface area contributed by atoms with Crippen LogP contribution in [-0.2, 0) is 0 Å². The van der Waals surface area contributed by atoms with Crippen LogP contribution in [0.2, 0.25) is 10.0 Å². The highest BCUT2D eigenvalue weighted by molar-refractivity contribution is 7.98. The molecule has 1 rings (SSSR count). The van der Waals surface area contributed by atoms with Gasteiger partial charge in [-0.1, -0.05) is 35.3 Å². The fourth-order valence-corrected chi connectivity index (χ4v) is 3.01. The first-order valence-electron chi connectivity index (χ1n) is 5.90. The van der Waals surface area contributed by atoms with E-state index in [4.69, 9.17) is 28.3 Å². The number of hydrogen-bond acceptors (Lipinski definition) is 3. The van der Waals surface area contributed by atoms with E-state index in [2.05, 4.69) is 18.5 Å². The minimum Gasteiger partial charge on any atom is -0.396 e. The number of rotatable bonds is 7. The Labute approximate surface area is 123 Å². The fourth-order valence-electron chi connectivity index (χ4n) is 1.87. The highest BCUT2D eigenvalue weighted by atomic mass is 35.5. The molecule has 2 nitrogen and oxygen atoms in total. The number of halogens is 2. The molecule has 2 atom stereocenters. The van der Waals surface area contributed by atoms with E-state index in [0.717, 1.165) is 17.7 Å². The van der Waals surface area contributed by atoms with E-state index in [-0.39, 0.29) is 18.7 Å². The summed E-state index contributed by atoms with van der Waals surface area (Å²) in [5.74, 6) is 0.961. The number of aliphatic hydroxyl groups excluding tert-OH is 1.